The minimum absolute atomic E-state index is 0.0584. The zero-order valence-corrected chi connectivity index (χ0v) is 15.1. The molecule has 7 heteroatoms. The number of aromatic nitrogens is 2. The van der Waals surface area contributed by atoms with Crippen LogP contribution in [-0.2, 0) is 4.79 Å². The Labute approximate surface area is 155 Å². The van der Waals surface area contributed by atoms with Gasteiger partial charge in [-0.3, -0.25) is 9.59 Å². The number of imidazole rings is 1. The molecule has 0 unspecified atom stereocenters. The molecule has 1 aliphatic heterocycles. The Kier molecular flexibility index (Phi) is 4.14. The van der Waals surface area contributed by atoms with E-state index in [1.54, 1.807) is 64.8 Å². The average molecular weight is 366 g/mol. The van der Waals surface area contributed by atoms with Crippen molar-refractivity contribution >= 4 is 17.5 Å². The van der Waals surface area contributed by atoms with Crippen LogP contribution in [0.1, 0.15) is 17.3 Å². The van der Waals surface area contributed by atoms with Crippen LogP contribution in [0, 0.1) is 5.82 Å². The number of piperazine rings is 1. The van der Waals surface area contributed by atoms with Gasteiger partial charge in [0.05, 0.1) is 11.3 Å². The number of fused-ring (bicyclic) bond motifs is 1. The number of carbonyl (C=O) groups excluding carboxylic acids is 2. The third kappa shape index (κ3) is 3.05. The summed E-state index contributed by atoms with van der Waals surface area (Å²) in [7, 11) is 1.75. The molecule has 4 rings (SSSR count). The van der Waals surface area contributed by atoms with E-state index in [-0.39, 0.29) is 17.6 Å². The summed E-state index contributed by atoms with van der Waals surface area (Å²) in [6.07, 6.45) is 3.52. The van der Waals surface area contributed by atoms with Gasteiger partial charge in [-0.15, -0.1) is 0 Å². The molecule has 6 nitrogen and oxygen atoms in total. The molecule has 27 heavy (non-hydrogen) atoms. The number of likely N-dealkylation sites (N-methyl/N-ethyl adjacent to an activating group) is 1. The lowest BCUT2D eigenvalue weighted by Gasteiger charge is -2.37. The van der Waals surface area contributed by atoms with Gasteiger partial charge in [0, 0.05) is 38.1 Å². The molecule has 2 amide bonds. The molecular formula is C20H19FN4O2. The smallest absolute Gasteiger partial charge is 0.256 e. The minimum Gasteiger partial charge on any atom is -0.342 e. The number of carbonyl (C=O) groups is 2. The van der Waals surface area contributed by atoms with E-state index in [2.05, 4.69) is 4.98 Å². The van der Waals surface area contributed by atoms with E-state index in [1.165, 1.54) is 12.1 Å². The van der Waals surface area contributed by atoms with Crippen molar-refractivity contribution < 1.29 is 14.0 Å². The van der Waals surface area contributed by atoms with Crippen molar-refractivity contribution in [2.24, 2.45) is 0 Å². The fourth-order valence-electron chi connectivity index (χ4n) is 3.34. The summed E-state index contributed by atoms with van der Waals surface area (Å²) in [5.41, 5.74) is 2.68. The molecule has 0 spiro atoms. The third-order valence-electron chi connectivity index (χ3n) is 4.98. The standard InChI is InChI=1S/C20H19FN4O2/c1-13-19(26)23(2)9-10-25(13)20(27)15-5-8-18-22-17(12-24(18)11-15)14-3-6-16(21)7-4-14/h3-8,11-13H,9-10H2,1-2H3/t13-/m0/s1. The van der Waals surface area contributed by atoms with Gasteiger partial charge in [-0.2, -0.15) is 0 Å². The predicted molar refractivity (Wildman–Crippen MR) is 98.7 cm³/mol. The van der Waals surface area contributed by atoms with Gasteiger partial charge in [0.1, 0.15) is 17.5 Å². The molecule has 2 aromatic heterocycles. The molecule has 1 fully saturated rings. The number of pyridine rings is 1. The molecular weight excluding hydrogens is 347 g/mol. The highest BCUT2D eigenvalue weighted by Gasteiger charge is 2.33. The molecule has 1 aliphatic rings. The molecule has 0 aliphatic carbocycles. The van der Waals surface area contributed by atoms with Crippen molar-refractivity contribution in [2.45, 2.75) is 13.0 Å². The molecule has 1 aromatic carbocycles. The summed E-state index contributed by atoms with van der Waals surface area (Å²) in [5, 5.41) is 0. The topological polar surface area (TPSA) is 57.9 Å². The Balaban J connectivity index is 1.64. The lowest BCUT2D eigenvalue weighted by atomic mass is 10.1. The van der Waals surface area contributed by atoms with E-state index in [1.807, 2.05) is 0 Å². The molecule has 138 valence electrons. The maximum absolute atomic E-state index is 13.1. The first-order valence-electron chi connectivity index (χ1n) is 8.74. The zero-order valence-electron chi connectivity index (χ0n) is 15.1. The second-order valence-corrected chi connectivity index (χ2v) is 6.75. The van der Waals surface area contributed by atoms with Crippen LogP contribution in [0.4, 0.5) is 4.39 Å². The maximum Gasteiger partial charge on any atom is 0.256 e. The Morgan fingerprint density at radius 3 is 2.59 bits per heavy atom. The molecule has 1 saturated heterocycles. The van der Waals surface area contributed by atoms with E-state index >= 15 is 0 Å². The van der Waals surface area contributed by atoms with Crippen LogP contribution >= 0.6 is 0 Å². The van der Waals surface area contributed by atoms with Crippen molar-refractivity contribution in [1.29, 1.82) is 0 Å². The summed E-state index contributed by atoms with van der Waals surface area (Å²) in [6.45, 7) is 2.78. The SMILES string of the molecule is C[C@H]1C(=O)N(C)CCN1C(=O)c1ccc2nc(-c3ccc(F)cc3)cn2c1. The Bertz CT molecular complexity index is 1030. The maximum atomic E-state index is 13.1. The quantitative estimate of drug-likeness (QED) is 0.700. The second kappa shape index (κ2) is 6.50. The number of amides is 2. The monoisotopic (exact) mass is 366 g/mol. The second-order valence-electron chi connectivity index (χ2n) is 6.75. The summed E-state index contributed by atoms with van der Waals surface area (Å²) in [6, 6.07) is 9.11. The first-order valence-corrected chi connectivity index (χ1v) is 8.74. The summed E-state index contributed by atoms with van der Waals surface area (Å²) in [4.78, 5) is 32.8. The Hall–Kier alpha value is -3.22. The number of nitrogens with zero attached hydrogens (tertiary/aromatic N) is 4. The van der Waals surface area contributed by atoms with Crippen molar-refractivity contribution in [3.05, 3.63) is 60.2 Å². The molecule has 1 atom stereocenters. The lowest BCUT2D eigenvalue weighted by Crippen LogP contribution is -2.56. The van der Waals surface area contributed by atoms with Gasteiger partial charge in [0.15, 0.2) is 0 Å². The summed E-state index contributed by atoms with van der Waals surface area (Å²) < 4.78 is 14.9. The van der Waals surface area contributed by atoms with E-state index in [0.29, 0.717) is 30.0 Å². The van der Waals surface area contributed by atoms with Crippen molar-refractivity contribution in [3.8, 4) is 11.3 Å². The van der Waals surface area contributed by atoms with Gasteiger partial charge in [-0.25, -0.2) is 9.37 Å². The summed E-state index contributed by atoms with van der Waals surface area (Å²) in [5.74, 6) is -0.536. The predicted octanol–water partition coefficient (Wildman–Crippen LogP) is 2.44. The van der Waals surface area contributed by atoms with E-state index < -0.39 is 6.04 Å². The van der Waals surface area contributed by atoms with Crippen LogP contribution in [0.3, 0.4) is 0 Å². The van der Waals surface area contributed by atoms with Gasteiger partial charge < -0.3 is 14.2 Å². The molecule has 0 radical (unpaired) electrons. The van der Waals surface area contributed by atoms with E-state index in [9.17, 15) is 14.0 Å². The number of hydrogen-bond donors (Lipinski definition) is 0. The Morgan fingerprint density at radius 2 is 1.85 bits per heavy atom. The lowest BCUT2D eigenvalue weighted by molar-refractivity contribution is -0.137. The normalized spacial score (nSPS) is 17.6. The largest absolute Gasteiger partial charge is 0.342 e. The zero-order chi connectivity index (χ0) is 19.1. The highest BCUT2D eigenvalue weighted by atomic mass is 19.1. The average Bonchev–Trinajstić information content (AvgIpc) is 3.09. The number of rotatable bonds is 2. The van der Waals surface area contributed by atoms with Gasteiger partial charge in [0.25, 0.3) is 5.91 Å². The van der Waals surface area contributed by atoms with Gasteiger partial charge in [-0.1, -0.05) is 0 Å². The van der Waals surface area contributed by atoms with Gasteiger partial charge in [-0.05, 0) is 43.3 Å². The highest BCUT2D eigenvalue weighted by Crippen LogP contribution is 2.21. The van der Waals surface area contributed by atoms with E-state index in [4.69, 9.17) is 0 Å². The fourth-order valence-corrected chi connectivity index (χ4v) is 3.34. The molecule has 0 bridgehead atoms. The molecule has 0 N–H and O–H groups in total. The van der Waals surface area contributed by atoms with Crippen LogP contribution < -0.4 is 0 Å². The van der Waals surface area contributed by atoms with Crippen molar-refractivity contribution in [2.75, 3.05) is 20.1 Å². The van der Waals surface area contributed by atoms with Crippen LogP contribution in [0.2, 0.25) is 0 Å². The number of halogens is 1. The van der Waals surface area contributed by atoms with Crippen LogP contribution in [0.25, 0.3) is 16.9 Å². The minimum atomic E-state index is -0.482. The molecule has 3 heterocycles. The number of hydrogen-bond acceptors (Lipinski definition) is 3. The third-order valence-corrected chi connectivity index (χ3v) is 4.98. The summed E-state index contributed by atoms with van der Waals surface area (Å²) >= 11 is 0. The van der Waals surface area contributed by atoms with E-state index in [0.717, 1.165) is 5.56 Å². The van der Waals surface area contributed by atoms with Crippen LogP contribution in [-0.4, -0.2) is 57.2 Å². The van der Waals surface area contributed by atoms with Gasteiger partial charge in [0.2, 0.25) is 5.91 Å². The van der Waals surface area contributed by atoms with Crippen LogP contribution in [0.15, 0.2) is 48.8 Å². The highest BCUT2D eigenvalue weighted by molar-refractivity contribution is 5.98. The fraction of sp³-hybridized carbons (Fsp3) is 0.250. The first kappa shape index (κ1) is 17.2. The molecule has 0 saturated carbocycles. The van der Waals surface area contributed by atoms with Gasteiger partial charge >= 0.3 is 0 Å². The number of benzene rings is 1. The van der Waals surface area contributed by atoms with Crippen LogP contribution in [0.5, 0.6) is 0 Å². The van der Waals surface area contributed by atoms with Crippen molar-refractivity contribution in [3.63, 3.8) is 0 Å². The van der Waals surface area contributed by atoms with Crippen molar-refractivity contribution in [1.82, 2.24) is 19.2 Å². The first-order chi connectivity index (χ1) is 12.9. The Morgan fingerprint density at radius 1 is 1.11 bits per heavy atom. The molecule has 3 aromatic rings.